The van der Waals surface area contributed by atoms with Gasteiger partial charge in [0.15, 0.2) is 0 Å². The summed E-state index contributed by atoms with van der Waals surface area (Å²) in [7, 11) is 1.82. The van der Waals surface area contributed by atoms with Crippen LogP contribution in [0.5, 0.6) is 0 Å². The number of aromatic nitrogens is 3. The highest BCUT2D eigenvalue weighted by atomic mass is 35.5. The molecular weight excluding hydrogens is 519 g/mol. The van der Waals surface area contributed by atoms with Crippen molar-refractivity contribution in [3.63, 3.8) is 0 Å². The van der Waals surface area contributed by atoms with Gasteiger partial charge in [-0.1, -0.05) is 29.3 Å². The Bertz CT molecular complexity index is 1270. The van der Waals surface area contributed by atoms with Gasteiger partial charge >= 0.3 is 0 Å². The van der Waals surface area contributed by atoms with Crippen molar-refractivity contribution in [2.45, 2.75) is 12.5 Å². The normalized spacial score (nSPS) is 12.4. The third-order valence-corrected chi connectivity index (χ3v) is 5.43. The molecule has 0 atom stereocenters. The summed E-state index contributed by atoms with van der Waals surface area (Å²) in [5.74, 6) is 1.00. The van der Waals surface area contributed by atoms with E-state index < -0.39 is 5.56 Å². The zero-order chi connectivity index (χ0) is 27.2. The van der Waals surface area contributed by atoms with Crippen molar-refractivity contribution in [3.05, 3.63) is 74.4 Å². The van der Waals surface area contributed by atoms with Gasteiger partial charge in [0.25, 0.3) is 5.56 Å². The number of benzene rings is 1. The molecule has 2 aromatic heterocycles. The molecule has 0 radical (unpaired) electrons. The minimum absolute atomic E-state index is 0.0614. The van der Waals surface area contributed by atoms with Gasteiger partial charge in [-0.25, -0.2) is 9.97 Å². The number of β-amino-alcohol motifs (C(OH)–C–C–N with tert-alkyl or cyclic N) is 1. The van der Waals surface area contributed by atoms with Crippen molar-refractivity contribution in [2.75, 3.05) is 37.3 Å². The molecule has 4 rings (SSSR count). The van der Waals surface area contributed by atoms with Gasteiger partial charge in [-0.2, -0.15) is 5.26 Å². The van der Waals surface area contributed by atoms with Crippen LogP contribution in [-0.4, -0.2) is 70.2 Å². The molecule has 0 saturated carbocycles. The average Bonchev–Trinajstić information content (AvgIpc) is 2.88. The Kier molecular flexibility index (Phi) is 12.2. The first-order chi connectivity index (χ1) is 17.8. The van der Waals surface area contributed by atoms with Crippen LogP contribution in [0.25, 0.3) is 0 Å². The van der Waals surface area contributed by atoms with E-state index in [1.807, 2.05) is 19.2 Å². The Labute approximate surface area is 223 Å². The van der Waals surface area contributed by atoms with E-state index in [0.29, 0.717) is 27.7 Å². The number of halogens is 2. The topological polar surface area (TPSA) is 171 Å². The second kappa shape index (κ2) is 15.3. The maximum Gasteiger partial charge on any atom is 0.261 e. The highest BCUT2D eigenvalue weighted by Gasteiger charge is 2.22. The molecule has 37 heavy (non-hydrogen) atoms. The van der Waals surface area contributed by atoms with Crippen LogP contribution >= 0.6 is 23.2 Å². The first-order valence-corrected chi connectivity index (χ1v) is 11.8. The quantitative estimate of drug-likeness (QED) is 0.221. The number of nitrogens with one attached hydrogen (secondary N) is 4. The van der Waals surface area contributed by atoms with Crippen LogP contribution in [0.1, 0.15) is 17.5 Å². The van der Waals surface area contributed by atoms with Crippen LogP contribution in [0, 0.1) is 16.7 Å². The van der Waals surface area contributed by atoms with Crippen molar-refractivity contribution in [3.8, 4) is 6.07 Å². The molecule has 1 saturated heterocycles. The van der Waals surface area contributed by atoms with Gasteiger partial charge in [0.2, 0.25) is 0 Å². The lowest BCUT2D eigenvalue weighted by Crippen LogP contribution is -2.50. The highest BCUT2D eigenvalue weighted by Crippen LogP contribution is 2.28. The zero-order valence-electron chi connectivity index (χ0n) is 19.9. The van der Waals surface area contributed by atoms with Crippen molar-refractivity contribution in [1.82, 2.24) is 19.9 Å². The molecule has 1 fully saturated rings. The lowest BCUT2D eigenvalue weighted by Gasteiger charge is -2.35. The number of aldehydes is 1. The van der Waals surface area contributed by atoms with E-state index >= 15 is 0 Å². The summed E-state index contributed by atoms with van der Waals surface area (Å²) in [6, 6.07) is 10.5. The van der Waals surface area contributed by atoms with Crippen molar-refractivity contribution >= 4 is 53.0 Å². The van der Waals surface area contributed by atoms with Crippen molar-refractivity contribution in [1.29, 1.82) is 10.7 Å². The number of hydrogen-bond donors (Lipinski definition) is 5. The summed E-state index contributed by atoms with van der Waals surface area (Å²) in [6.45, 7) is 2.29. The fraction of sp³-hybridized carbons (Fsp3) is 0.250. The van der Waals surface area contributed by atoms with Crippen LogP contribution < -0.4 is 16.2 Å². The summed E-state index contributed by atoms with van der Waals surface area (Å²) < 4.78 is 0. The minimum atomic E-state index is -0.446. The van der Waals surface area contributed by atoms with Gasteiger partial charge in [-0.05, 0) is 24.3 Å². The van der Waals surface area contributed by atoms with Gasteiger partial charge in [-0.15, -0.1) is 0 Å². The molecule has 0 spiro atoms. The lowest BCUT2D eigenvalue weighted by molar-refractivity contribution is -0.108. The molecule has 13 heteroatoms. The van der Waals surface area contributed by atoms with Gasteiger partial charge in [0.1, 0.15) is 24.0 Å². The summed E-state index contributed by atoms with van der Waals surface area (Å²) in [6.07, 6.45) is 5.05. The van der Waals surface area contributed by atoms with E-state index in [0.717, 1.165) is 38.0 Å². The van der Waals surface area contributed by atoms with E-state index in [9.17, 15) is 9.59 Å². The summed E-state index contributed by atoms with van der Waals surface area (Å²) in [5, 5.41) is 31.7. The predicted molar refractivity (Wildman–Crippen MR) is 144 cm³/mol. The number of aromatic amines is 1. The molecule has 1 aliphatic heterocycles. The first kappa shape index (κ1) is 29.4. The van der Waals surface area contributed by atoms with E-state index in [-0.39, 0.29) is 17.5 Å². The SMILES string of the molecule is CNc1ccc(Cl)cn1.N#Cc1cccc(Cl)c1Nc1nc[nH]c(=O)c1C=N.O=CCCN1CC(O)C1. The number of H-pyrrole nitrogens is 1. The fourth-order valence-corrected chi connectivity index (χ4v) is 3.32. The van der Waals surface area contributed by atoms with E-state index in [4.69, 9.17) is 39.0 Å². The number of aliphatic hydroxyl groups is 1. The molecule has 0 aliphatic carbocycles. The molecular formula is C24H26Cl2N8O3. The van der Waals surface area contributed by atoms with E-state index in [1.165, 1.54) is 6.33 Å². The third kappa shape index (κ3) is 9.29. The highest BCUT2D eigenvalue weighted by molar-refractivity contribution is 6.33. The van der Waals surface area contributed by atoms with E-state index in [1.54, 1.807) is 30.5 Å². The number of para-hydroxylation sites is 1. The maximum atomic E-state index is 11.5. The smallest absolute Gasteiger partial charge is 0.261 e. The Hall–Kier alpha value is -3.82. The van der Waals surface area contributed by atoms with Crippen LogP contribution in [0.2, 0.25) is 10.0 Å². The number of anilines is 3. The molecule has 3 aromatic rings. The average molecular weight is 545 g/mol. The standard InChI is InChI=1S/C12H8ClN5O.C6H7ClN2.C6H11NO2/c13-9-3-1-2-7(4-14)10(9)18-11-8(5-15)12(19)17-6-16-11;1-8-6-3-2-5(7)4-9-6;8-3-1-2-7-4-6(9)5-7/h1-3,5-6,15H,(H2,16,17,18,19);2-4H,1H3,(H,8,9);3,6,9H,1-2,4-5H2. The predicted octanol–water partition coefficient (Wildman–Crippen LogP) is 3.06. The van der Waals surface area contributed by atoms with Crippen molar-refractivity contribution in [2.24, 2.45) is 0 Å². The number of nitrogens with zero attached hydrogens (tertiary/aromatic N) is 4. The van der Waals surface area contributed by atoms with E-state index in [2.05, 4.69) is 30.5 Å². The van der Waals surface area contributed by atoms with Gasteiger partial charge in [-0.3, -0.25) is 9.69 Å². The second-order valence-corrected chi connectivity index (χ2v) is 8.36. The first-order valence-electron chi connectivity index (χ1n) is 11.0. The Balaban J connectivity index is 0.000000222. The molecule has 1 aliphatic rings. The summed E-state index contributed by atoms with van der Waals surface area (Å²) >= 11 is 11.6. The molecule has 1 aromatic carbocycles. The number of nitriles is 1. The number of pyridine rings is 1. The third-order valence-electron chi connectivity index (χ3n) is 4.90. The Morgan fingerprint density at radius 2 is 2.05 bits per heavy atom. The molecule has 0 bridgehead atoms. The minimum Gasteiger partial charge on any atom is -0.390 e. The second-order valence-electron chi connectivity index (χ2n) is 7.52. The summed E-state index contributed by atoms with van der Waals surface area (Å²) in [5.41, 5.74) is 0.294. The van der Waals surface area contributed by atoms with Gasteiger partial charge in [0.05, 0.1) is 39.3 Å². The number of hydrogen-bond acceptors (Lipinski definition) is 10. The number of aliphatic hydroxyl groups excluding tert-OH is 1. The zero-order valence-corrected chi connectivity index (χ0v) is 21.4. The number of carbonyl (C=O) groups excluding carboxylic acids is 1. The van der Waals surface area contributed by atoms with Gasteiger partial charge < -0.3 is 30.9 Å². The maximum absolute atomic E-state index is 11.5. The van der Waals surface area contributed by atoms with Crippen LogP contribution in [0.15, 0.2) is 47.7 Å². The lowest BCUT2D eigenvalue weighted by atomic mass is 10.2. The molecule has 0 amide bonds. The number of carbonyl (C=O) groups is 1. The molecule has 0 unspecified atom stereocenters. The summed E-state index contributed by atoms with van der Waals surface area (Å²) in [4.78, 5) is 33.7. The number of rotatable bonds is 7. The monoisotopic (exact) mass is 544 g/mol. The number of likely N-dealkylation sites (tertiary alicyclic amines) is 1. The Morgan fingerprint density at radius 3 is 2.62 bits per heavy atom. The molecule has 11 nitrogen and oxygen atoms in total. The fourth-order valence-electron chi connectivity index (χ4n) is 2.99. The molecule has 5 N–H and O–H groups in total. The van der Waals surface area contributed by atoms with Crippen LogP contribution in [-0.2, 0) is 4.79 Å². The Morgan fingerprint density at radius 1 is 1.30 bits per heavy atom. The largest absolute Gasteiger partial charge is 0.390 e. The van der Waals surface area contributed by atoms with Gasteiger partial charge in [0, 0.05) is 45.5 Å². The van der Waals surface area contributed by atoms with Crippen LogP contribution in [0.3, 0.4) is 0 Å². The van der Waals surface area contributed by atoms with Crippen LogP contribution in [0.4, 0.5) is 17.3 Å². The molecule has 194 valence electrons. The molecule has 3 heterocycles. The van der Waals surface area contributed by atoms with Crippen molar-refractivity contribution < 1.29 is 9.90 Å².